The molecule has 4 rings (SSSR count). The number of imide groups is 2. The number of nitrogens with zero attached hydrogens (tertiary/aromatic N) is 2. The lowest BCUT2D eigenvalue weighted by atomic mass is 9.73. The summed E-state index contributed by atoms with van der Waals surface area (Å²) in [4.78, 5) is 64.2. The normalized spacial score (nSPS) is 24.8. The van der Waals surface area contributed by atoms with Crippen molar-refractivity contribution >= 4 is 29.7 Å². The fourth-order valence-corrected chi connectivity index (χ4v) is 4.81. The predicted octanol–water partition coefficient (Wildman–Crippen LogP) is 2.11. The summed E-state index contributed by atoms with van der Waals surface area (Å²) in [5.41, 5.74) is -0.0905. The lowest BCUT2D eigenvalue weighted by Crippen LogP contribution is -2.54. The number of amides is 5. The van der Waals surface area contributed by atoms with Gasteiger partial charge in [-0.15, -0.1) is 0 Å². The third kappa shape index (κ3) is 3.76. The summed E-state index contributed by atoms with van der Waals surface area (Å²) in [6.07, 6.45) is 4.25. The fourth-order valence-electron chi connectivity index (χ4n) is 4.81. The van der Waals surface area contributed by atoms with E-state index in [1.165, 1.54) is 4.90 Å². The molecule has 0 radical (unpaired) electrons. The molecule has 1 saturated carbocycles. The van der Waals surface area contributed by atoms with E-state index in [4.69, 9.17) is 4.74 Å². The Bertz CT molecular complexity index is 941. The molecule has 2 heterocycles. The molecule has 2 fully saturated rings. The number of nitrogens with one attached hydrogen (secondary N) is 1. The van der Waals surface area contributed by atoms with Crippen molar-refractivity contribution in [2.24, 2.45) is 5.92 Å². The van der Waals surface area contributed by atoms with Gasteiger partial charge in [-0.1, -0.05) is 31.9 Å². The van der Waals surface area contributed by atoms with Gasteiger partial charge in [0.25, 0.3) is 17.7 Å². The van der Waals surface area contributed by atoms with Gasteiger partial charge < -0.3 is 10.1 Å². The van der Waals surface area contributed by atoms with Gasteiger partial charge in [-0.2, -0.15) is 0 Å². The van der Waals surface area contributed by atoms with E-state index in [1.807, 2.05) is 6.92 Å². The predicted molar refractivity (Wildman–Crippen MR) is 113 cm³/mol. The van der Waals surface area contributed by atoms with Crippen LogP contribution in [0.15, 0.2) is 24.3 Å². The zero-order valence-corrected chi connectivity index (χ0v) is 18.1. The second-order valence-electron chi connectivity index (χ2n) is 8.67. The molecule has 1 saturated heterocycles. The molecule has 0 bridgehead atoms. The van der Waals surface area contributed by atoms with Crippen LogP contribution in [0.5, 0.6) is 0 Å². The van der Waals surface area contributed by atoms with Gasteiger partial charge in [0, 0.05) is 6.54 Å². The van der Waals surface area contributed by atoms with E-state index in [0.29, 0.717) is 30.4 Å². The Balaban J connectivity index is 1.21. The van der Waals surface area contributed by atoms with Crippen LogP contribution in [0.1, 0.15) is 66.2 Å². The summed E-state index contributed by atoms with van der Waals surface area (Å²) in [6, 6.07) is 6.15. The van der Waals surface area contributed by atoms with Gasteiger partial charge in [-0.05, 0) is 43.7 Å². The maximum atomic E-state index is 12.9. The number of hydrogen-bond donors (Lipinski definition) is 1. The van der Waals surface area contributed by atoms with Crippen molar-refractivity contribution in [1.29, 1.82) is 0 Å². The summed E-state index contributed by atoms with van der Waals surface area (Å²) in [5, 5.41) is 2.81. The standard InChI is InChI=1S/C23H27N3O6/c1-15-8-4-5-11-23(15)21(30)26(22(31)24-23)14-18(27)32-13-7-6-12-25-19(28)16-9-2-3-10-17(16)20(25)29/h2-3,9-10,15H,4-8,11-14H2,1H3,(H,24,31). The highest BCUT2D eigenvalue weighted by Gasteiger charge is 2.55. The van der Waals surface area contributed by atoms with Crippen LogP contribution in [0.3, 0.4) is 0 Å². The average molecular weight is 441 g/mol. The van der Waals surface area contributed by atoms with Crippen molar-refractivity contribution in [3.05, 3.63) is 35.4 Å². The van der Waals surface area contributed by atoms with E-state index in [1.54, 1.807) is 24.3 Å². The molecular weight excluding hydrogens is 414 g/mol. The average Bonchev–Trinajstić information content (AvgIpc) is 3.16. The van der Waals surface area contributed by atoms with E-state index in [2.05, 4.69) is 5.32 Å². The molecule has 0 aromatic heterocycles. The van der Waals surface area contributed by atoms with Crippen LogP contribution in [0.4, 0.5) is 4.79 Å². The molecule has 1 aromatic rings. The number of carbonyl (C=O) groups excluding carboxylic acids is 5. The van der Waals surface area contributed by atoms with Crippen LogP contribution in [-0.2, 0) is 14.3 Å². The van der Waals surface area contributed by atoms with Gasteiger partial charge >= 0.3 is 12.0 Å². The van der Waals surface area contributed by atoms with Crippen molar-refractivity contribution in [2.45, 2.75) is 51.0 Å². The summed E-state index contributed by atoms with van der Waals surface area (Å²) < 4.78 is 5.18. The van der Waals surface area contributed by atoms with Gasteiger partial charge in [0.1, 0.15) is 12.1 Å². The Labute approximate surface area is 186 Å². The first kappa shape index (κ1) is 22.0. The van der Waals surface area contributed by atoms with Crippen LogP contribution in [0, 0.1) is 5.92 Å². The highest BCUT2D eigenvalue weighted by atomic mass is 16.5. The highest BCUT2D eigenvalue weighted by Crippen LogP contribution is 2.38. The lowest BCUT2D eigenvalue weighted by Gasteiger charge is -2.36. The van der Waals surface area contributed by atoms with Gasteiger partial charge in [0.15, 0.2) is 0 Å². The molecule has 1 aromatic carbocycles. The molecule has 2 aliphatic heterocycles. The number of carbonyl (C=O) groups is 5. The van der Waals surface area contributed by atoms with Crippen molar-refractivity contribution in [3.8, 4) is 0 Å². The van der Waals surface area contributed by atoms with Gasteiger partial charge in [0.05, 0.1) is 17.7 Å². The Morgan fingerprint density at radius 2 is 1.75 bits per heavy atom. The van der Waals surface area contributed by atoms with Crippen LogP contribution < -0.4 is 5.32 Å². The summed E-state index contributed by atoms with van der Waals surface area (Å²) in [5.74, 6) is -1.61. The Morgan fingerprint density at radius 1 is 1.06 bits per heavy atom. The van der Waals surface area contributed by atoms with E-state index >= 15 is 0 Å². The molecule has 1 aliphatic carbocycles. The Kier molecular flexibility index (Phi) is 5.99. The third-order valence-corrected chi connectivity index (χ3v) is 6.71. The molecule has 32 heavy (non-hydrogen) atoms. The SMILES string of the molecule is CC1CCCCC12NC(=O)N(CC(=O)OCCCCN1C(=O)c3ccccc3C1=O)C2=O. The summed E-state index contributed by atoms with van der Waals surface area (Å²) >= 11 is 0. The molecule has 3 aliphatic rings. The van der Waals surface area contributed by atoms with Crippen LogP contribution in [0.2, 0.25) is 0 Å². The first-order chi connectivity index (χ1) is 15.3. The quantitative estimate of drug-likeness (QED) is 0.300. The van der Waals surface area contributed by atoms with Crippen LogP contribution in [-0.4, -0.2) is 64.8 Å². The molecular formula is C23H27N3O6. The second-order valence-corrected chi connectivity index (χ2v) is 8.67. The minimum Gasteiger partial charge on any atom is -0.464 e. The molecule has 1 spiro atoms. The number of ether oxygens (including phenoxy) is 1. The molecule has 9 heteroatoms. The number of esters is 1. The topological polar surface area (TPSA) is 113 Å². The maximum Gasteiger partial charge on any atom is 0.326 e. The van der Waals surface area contributed by atoms with E-state index in [0.717, 1.165) is 24.2 Å². The number of urea groups is 1. The number of fused-ring (bicyclic) bond motifs is 1. The molecule has 9 nitrogen and oxygen atoms in total. The maximum absolute atomic E-state index is 12.9. The minimum absolute atomic E-state index is 0.0240. The van der Waals surface area contributed by atoms with E-state index in [9.17, 15) is 24.0 Å². The lowest BCUT2D eigenvalue weighted by molar-refractivity contribution is -0.148. The first-order valence-electron chi connectivity index (χ1n) is 11.1. The molecule has 170 valence electrons. The monoisotopic (exact) mass is 441 g/mol. The van der Waals surface area contributed by atoms with Crippen molar-refractivity contribution in [3.63, 3.8) is 0 Å². The second kappa shape index (κ2) is 8.72. The molecule has 2 atom stereocenters. The third-order valence-electron chi connectivity index (χ3n) is 6.71. The molecule has 1 N–H and O–H groups in total. The molecule has 2 unspecified atom stereocenters. The Morgan fingerprint density at radius 3 is 2.41 bits per heavy atom. The number of benzene rings is 1. The Hall–Kier alpha value is -3.23. The van der Waals surface area contributed by atoms with E-state index < -0.39 is 24.1 Å². The van der Waals surface area contributed by atoms with Crippen molar-refractivity contribution in [1.82, 2.24) is 15.1 Å². The number of rotatable bonds is 7. The first-order valence-corrected chi connectivity index (χ1v) is 11.1. The van der Waals surface area contributed by atoms with Crippen molar-refractivity contribution < 1.29 is 28.7 Å². The minimum atomic E-state index is -0.901. The van der Waals surface area contributed by atoms with Crippen molar-refractivity contribution in [2.75, 3.05) is 19.7 Å². The summed E-state index contributed by atoms with van der Waals surface area (Å²) in [6.45, 7) is 1.84. The van der Waals surface area contributed by atoms with Gasteiger partial charge in [0.2, 0.25) is 0 Å². The smallest absolute Gasteiger partial charge is 0.326 e. The van der Waals surface area contributed by atoms with Gasteiger partial charge in [-0.3, -0.25) is 29.0 Å². The highest BCUT2D eigenvalue weighted by molar-refractivity contribution is 6.21. The summed E-state index contributed by atoms with van der Waals surface area (Å²) in [7, 11) is 0. The number of unbranched alkanes of at least 4 members (excludes halogenated alkanes) is 1. The molecule has 5 amide bonds. The zero-order valence-electron chi connectivity index (χ0n) is 18.1. The fraction of sp³-hybridized carbons (Fsp3) is 0.522. The number of hydrogen-bond acceptors (Lipinski definition) is 6. The van der Waals surface area contributed by atoms with E-state index in [-0.39, 0.29) is 36.8 Å². The van der Waals surface area contributed by atoms with Crippen LogP contribution in [0.25, 0.3) is 0 Å². The zero-order chi connectivity index (χ0) is 22.9. The van der Waals surface area contributed by atoms with Gasteiger partial charge in [-0.25, -0.2) is 4.79 Å². The largest absolute Gasteiger partial charge is 0.464 e. The van der Waals surface area contributed by atoms with Crippen LogP contribution >= 0.6 is 0 Å².